The Kier molecular flexibility index (Phi) is 7.09. The van der Waals surface area contributed by atoms with E-state index in [1.807, 2.05) is 6.08 Å². The number of nitrogens with zero attached hydrogens (tertiary/aromatic N) is 2. The molecule has 0 aromatic heterocycles. The summed E-state index contributed by atoms with van der Waals surface area (Å²) in [5.41, 5.74) is 2.21. The van der Waals surface area contributed by atoms with Gasteiger partial charge in [-0.15, -0.1) is 23.2 Å². The summed E-state index contributed by atoms with van der Waals surface area (Å²) < 4.78 is 5.21. The first-order valence-electron chi connectivity index (χ1n) is 14.0. The predicted molar refractivity (Wildman–Crippen MR) is 158 cm³/mol. The Bertz CT molecular complexity index is 1610. The number of benzene rings is 2. The maximum Gasteiger partial charge on any atom is 0.253 e. The van der Waals surface area contributed by atoms with Crippen LogP contribution in [0.25, 0.3) is 6.08 Å². The average Bonchev–Trinajstić information content (AvgIpc) is 3.31. The van der Waals surface area contributed by atoms with Gasteiger partial charge in [0.05, 0.1) is 18.9 Å². The van der Waals surface area contributed by atoms with Crippen LogP contribution >= 0.6 is 23.2 Å². The third kappa shape index (κ3) is 4.27. The lowest BCUT2D eigenvalue weighted by molar-refractivity contribution is -0.141. The molecule has 4 amide bonds. The summed E-state index contributed by atoms with van der Waals surface area (Å²) in [6.07, 6.45) is 5.94. The van der Waals surface area contributed by atoms with Crippen molar-refractivity contribution in [3.63, 3.8) is 0 Å². The number of halogens is 2. The van der Waals surface area contributed by atoms with Gasteiger partial charge in [0.15, 0.2) is 21.2 Å². The van der Waals surface area contributed by atoms with E-state index in [0.717, 1.165) is 10.5 Å². The molecule has 6 atom stereocenters. The lowest BCUT2D eigenvalue weighted by Crippen LogP contribution is -2.60. The topological polar surface area (TPSA) is 124 Å². The number of likely N-dealkylation sites (tertiary alicyclic amines) is 2. The Morgan fingerprint density at radius 2 is 1.72 bits per heavy atom. The van der Waals surface area contributed by atoms with E-state index >= 15 is 0 Å². The number of carbonyl (C=O) groups excluding carboxylic acids is 4. The first-order chi connectivity index (χ1) is 20.4. The molecule has 3 fully saturated rings. The standard InChI is InChI=1S/C32H30Cl2N2O7/c1-35-29(41)31(33)16-22-20(23(32(31,34)30(35)42)11-5-18-6-12-24(38)25(15-18)43-2)9-10-21-26(22)28(40)36(27(21)39)14-13-17-3-7-19(37)8-4-17/h3-9,11-12,15,21-23,26,37-38H,10,13-14,16H2,1-2H3/t21-,22+,23-,26-,31+,32-/m0/s1. The van der Waals surface area contributed by atoms with Crippen molar-refractivity contribution >= 4 is 52.9 Å². The zero-order valence-electron chi connectivity index (χ0n) is 23.5. The SMILES string of the molecule is COc1cc(C=C[C@H]2C3=CC[C@@H]4C(=O)N(CCc5ccc(O)cc5)C(=O)[C@@H]4[C@@H]3C[C@@]3(Cl)C(=O)N(C)C(=O)[C@@]23Cl)ccc1O. The molecular weight excluding hydrogens is 595 g/mol. The monoisotopic (exact) mass is 624 g/mol. The number of aromatic hydroxyl groups is 2. The molecule has 0 bridgehead atoms. The normalized spacial score (nSPS) is 31.8. The third-order valence-electron chi connectivity index (χ3n) is 9.41. The number of carbonyl (C=O) groups is 4. The van der Waals surface area contributed by atoms with Gasteiger partial charge >= 0.3 is 0 Å². The van der Waals surface area contributed by atoms with Crippen LogP contribution < -0.4 is 4.74 Å². The van der Waals surface area contributed by atoms with E-state index in [0.29, 0.717) is 17.6 Å². The number of hydrogen-bond acceptors (Lipinski definition) is 7. The molecule has 2 aromatic carbocycles. The highest BCUT2D eigenvalue weighted by Gasteiger charge is 2.75. The molecule has 6 rings (SSSR count). The van der Waals surface area contributed by atoms with Crippen molar-refractivity contribution in [3.8, 4) is 17.2 Å². The van der Waals surface area contributed by atoms with Gasteiger partial charge in [-0.2, -0.15) is 0 Å². The quantitative estimate of drug-likeness (QED) is 0.284. The van der Waals surface area contributed by atoms with Gasteiger partial charge in [-0.1, -0.05) is 42.0 Å². The van der Waals surface area contributed by atoms with Crippen molar-refractivity contribution in [1.29, 1.82) is 0 Å². The van der Waals surface area contributed by atoms with Crippen LogP contribution in [-0.4, -0.2) is 74.1 Å². The molecule has 4 aliphatic rings. The van der Waals surface area contributed by atoms with Gasteiger partial charge in [0, 0.05) is 19.5 Å². The summed E-state index contributed by atoms with van der Waals surface area (Å²) in [5, 5.41) is 19.6. The highest BCUT2D eigenvalue weighted by molar-refractivity contribution is 6.53. The lowest BCUT2D eigenvalue weighted by atomic mass is 9.57. The Morgan fingerprint density at radius 1 is 1.00 bits per heavy atom. The van der Waals surface area contributed by atoms with Crippen molar-refractivity contribution in [2.45, 2.75) is 29.0 Å². The molecule has 0 radical (unpaired) electrons. The molecule has 2 heterocycles. The summed E-state index contributed by atoms with van der Waals surface area (Å²) in [6.45, 7) is 0.176. The van der Waals surface area contributed by atoms with Gasteiger partial charge < -0.3 is 14.9 Å². The second-order valence-electron chi connectivity index (χ2n) is 11.6. The molecule has 2 aliphatic carbocycles. The number of alkyl halides is 2. The average molecular weight is 626 g/mol. The van der Waals surface area contributed by atoms with Crippen molar-refractivity contribution in [3.05, 3.63) is 71.3 Å². The van der Waals surface area contributed by atoms with Crippen LogP contribution in [-0.2, 0) is 25.6 Å². The third-order valence-corrected chi connectivity index (χ3v) is 10.8. The number of phenols is 2. The Hall–Kier alpha value is -3.82. The minimum absolute atomic E-state index is 0.0374. The fourth-order valence-corrected chi connectivity index (χ4v) is 8.16. The molecule has 0 unspecified atom stereocenters. The molecule has 43 heavy (non-hydrogen) atoms. The minimum Gasteiger partial charge on any atom is -0.508 e. The van der Waals surface area contributed by atoms with E-state index in [1.54, 1.807) is 48.6 Å². The van der Waals surface area contributed by atoms with E-state index in [4.69, 9.17) is 27.9 Å². The number of methoxy groups -OCH3 is 1. The van der Waals surface area contributed by atoms with Gasteiger partial charge in [-0.25, -0.2) is 0 Å². The Labute approximate surface area is 258 Å². The molecule has 2 aromatic rings. The smallest absolute Gasteiger partial charge is 0.253 e. The van der Waals surface area contributed by atoms with Crippen molar-refractivity contribution in [2.24, 2.45) is 23.7 Å². The minimum atomic E-state index is -1.85. The number of amides is 4. The fourth-order valence-electron chi connectivity index (χ4n) is 7.19. The molecule has 2 saturated heterocycles. The molecule has 2 N–H and O–H groups in total. The number of imide groups is 2. The van der Waals surface area contributed by atoms with Crippen LogP contribution in [0.2, 0.25) is 0 Å². The van der Waals surface area contributed by atoms with Gasteiger partial charge in [-0.05, 0) is 60.6 Å². The molecule has 11 heteroatoms. The van der Waals surface area contributed by atoms with E-state index < -0.39 is 45.2 Å². The number of ether oxygens (including phenoxy) is 1. The highest BCUT2D eigenvalue weighted by atomic mass is 35.5. The summed E-state index contributed by atoms with van der Waals surface area (Å²) in [7, 11) is 2.78. The Balaban J connectivity index is 1.37. The Morgan fingerprint density at radius 3 is 2.42 bits per heavy atom. The van der Waals surface area contributed by atoms with Crippen LogP contribution in [0.5, 0.6) is 17.2 Å². The second kappa shape index (κ2) is 10.4. The van der Waals surface area contributed by atoms with Crippen LogP contribution in [0.3, 0.4) is 0 Å². The molecule has 224 valence electrons. The molecule has 1 saturated carbocycles. The van der Waals surface area contributed by atoms with E-state index in [1.165, 1.54) is 25.1 Å². The predicted octanol–water partition coefficient (Wildman–Crippen LogP) is 3.88. The second-order valence-corrected chi connectivity index (χ2v) is 12.8. The summed E-state index contributed by atoms with van der Waals surface area (Å²) in [6, 6.07) is 11.3. The molecular formula is C32H30Cl2N2O7. The van der Waals surface area contributed by atoms with Gasteiger partial charge in [0.2, 0.25) is 11.8 Å². The van der Waals surface area contributed by atoms with Gasteiger partial charge in [0.1, 0.15) is 5.75 Å². The highest BCUT2D eigenvalue weighted by Crippen LogP contribution is 2.63. The summed E-state index contributed by atoms with van der Waals surface area (Å²) in [5.74, 6) is -4.33. The van der Waals surface area contributed by atoms with Crippen molar-refractivity contribution in [2.75, 3.05) is 20.7 Å². The van der Waals surface area contributed by atoms with Crippen LogP contribution in [0.15, 0.2) is 60.2 Å². The van der Waals surface area contributed by atoms with Crippen LogP contribution in [0, 0.1) is 23.7 Å². The molecule has 9 nitrogen and oxygen atoms in total. The maximum absolute atomic E-state index is 13.9. The molecule has 2 aliphatic heterocycles. The fraction of sp³-hybridized carbons (Fsp3) is 0.375. The molecule has 0 spiro atoms. The summed E-state index contributed by atoms with van der Waals surface area (Å²) in [4.78, 5) is 53.0. The van der Waals surface area contributed by atoms with E-state index in [-0.39, 0.29) is 48.4 Å². The number of rotatable bonds is 6. The number of fused-ring (bicyclic) bond motifs is 4. The lowest BCUT2D eigenvalue weighted by Gasteiger charge is -2.49. The van der Waals surface area contributed by atoms with Crippen LogP contribution in [0.1, 0.15) is 24.0 Å². The first-order valence-corrected chi connectivity index (χ1v) is 14.8. The van der Waals surface area contributed by atoms with E-state index in [9.17, 15) is 29.4 Å². The first kappa shape index (κ1) is 29.3. The zero-order chi connectivity index (χ0) is 30.8. The number of hydrogen-bond donors (Lipinski definition) is 2. The van der Waals surface area contributed by atoms with Crippen LogP contribution in [0.4, 0.5) is 0 Å². The van der Waals surface area contributed by atoms with Crippen molar-refractivity contribution in [1.82, 2.24) is 9.80 Å². The number of allylic oxidation sites excluding steroid dienone is 3. The van der Waals surface area contributed by atoms with Gasteiger partial charge in [0.25, 0.3) is 11.8 Å². The summed E-state index contributed by atoms with van der Waals surface area (Å²) >= 11 is 14.3. The number of phenolic OH excluding ortho intramolecular Hbond substituents is 2. The zero-order valence-corrected chi connectivity index (χ0v) is 25.0. The van der Waals surface area contributed by atoms with Crippen molar-refractivity contribution < 1.29 is 34.1 Å². The van der Waals surface area contributed by atoms with Gasteiger partial charge in [-0.3, -0.25) is 29.0 Å². The van der Waals surface area contributed by atoms with E-state index in [2.05, 4.69) is 0 Å². The largest absolute Gasteiger partial charge is 0.508 e. The maximum atomic E-state index is 13.9.